The topological polar surface area (TPSA) is 35.5 Å². The van der Waals surface area contributed by atoms with Gasteiger partial charge in [-0.05, 0) is 65.2 Å². The monoisotopic (exact) mass is 514 g/mol. The molecular weight excluding hydrogens is 496 g/mol. The van der Waals surface area contributed by atoms with Crippen molar-refractivity contribution in [1.29, 1.82) is 0 Å². The van der Waals surface area contributed by atoms with Crippen molar-refractivity contribution in [2.45, 2.75) is 32.1 Å². The highest BCUT2D eigenvalue weighted by atomic mass is 79.9. The molecule has 0 bridgehead atoms. The Bertz CT molecular complexity index is 1230. The highest BCUT2D eigenvalue weighted by molar-refractivity contribution is 9.11. The van der Waals surface area contributed by atoms with Crippen molar-refractivity contribution in [2.24, 2.45) is 0 Å². The molecule has 2 aromatic heterocycles. The van der Waals surface area contributed by atoms with Crippen LogP contribution in [0.5, 0.6) is 5.75 Å². The molecule has 1 atom stereocenters. The summed E-state index contributed by atoms with van der Waals surface area (Å²) in [7, 11) is 1.69. The molecule has 5 heteroatoms. The van der Waals surface area contributed by atoms with Crippen LogP contribution in [0.2, 0.25) is 0 Å². The first kappa shape index (κ1) is 19.0. The normalized spacial score (nSPS) is 18.4. The molecule has 0 radical (unpaired) electrons. The summed E-state index contributed by atoms with van der Waals surface area (Å²) in [5, 5.41) is 1.07. The second-order valence-electron chi connectivity index (χ2n) is 7.82. The zero-order valence-electron chi connectivity index (χ0n) is 16.4. The van der Waals surface area contributed by atoms with Crippen LogP contribution in [0.4, 0.5) is 0 Å². The molecule has 1 aliphatic rings. The van der Waals surface area contributed by atoms with Crippen LogP contribution in [0.25, 0.3) is 22.3 Å². The van der Waals surface area contributed by atoms with E-state index in [9.17, 15) is 0 Å². The van der Waals surface area contributed by atoms with Gasteiger partial charge in [-0.25, -0.2) is 0 Å². The Hall–Kier alpha value is -1.98. The number of ether oxygens (including phenoxy) is 1. The Morgan fingerprint density at radius 3 is 2.52 bits per heavy atom. The maximum absolute atomic E-state index is 6.34. The van der Waals surface area contributed by atoms with Crippen LogP contribution in [0.1, 0.15) is 36.0 Å². The predicted molar refractivity (Wildman–Crippen MR) is 122 cm³/mol. The van der Waals surface area contributed by atoms with Crippen LogP contribution in [0.15, 0.2) is 60.2 Å². The van der Waals surface area contributed by atoms with Gasteiger partial charge >= 0.3 is 0 Å². The van der Waals surface area contributed by atoms with Gasteiger partial charge in [0.05, 0.1) is 17.1 Å². The lowest BCUT2D eigenvalue weighted by molar-refractivity contribution is 0.413. The van der Waals surface area contributed by atoms with Gasteiger partial charge in [-0.3, -0.25) is 0 Å². The molecule has 2 aromatic carbocycles. The standard InChI is InChI=1S/C24H20Br2O3/c1-13-10-18-23(28-13)21-17-11-15(25)12-19(26)22(17)29-20(21)8-9-24(18,2)14-4-6-16(27-3)7-5-14/h4-7,10-12H,8-9H2,1-3H3/t24-/m1/s1. The number of hydrogen-bond donors (Lipinski definition) is 0. The largest absolute Gasteiger partial charge is 0.497 e. The minimum Gasteiger partial charge on any atom is -0.497 e. The van der Waals surface area contributed by atoms with Crippen molar-refractivity contribution in [2.75, 3.05) is 7.11 Å². The van der Waals surface area contributed by atoms with Crippen molar-refractivity contribution in [3.63, 3.8) is 0 Å². The first-order valence-corrected chi connectivity index (χ1v) is 11.2. The minimum atomic E-state index is -0.184. The summed E-state index contributed by atoms with van der Waals surface area (Å²) in [4.78, 5) is 0. The van der Waals surface area contributed by atoms with Crippen molar-refractivity contribution in [3.05, 3.63) is 74.1 Å². The third-order valence-electron chi connectivity index (χ3n) is 6.04. The Labute approximate surface area is 186 Å². The summed E-state index contributed by atoms with van der Waals surface area (Å²) >= 11 is 7.26. The Morgan fingerprint density at radius 1 is 1.03 bits per heavy atom. The highest BCUT2D eigenvalue weighted by Crippen LogP contribution is 2.50. The summed E-state index contributed by atoms with van der Waals surface area (Å²) in [5.41, 5.74) is 4.21. The molecule has 0 aliphatic heterocycles. The van der Waals surface area contributed by atoms with Crippen LogP contribution in [0, 0.1) is 6.92 Å². The molecule has 1 aliphatic carbocycles. The van der Waals surface area contributed by atoms with Gasteiger partial charge in [0.1, 0.15) is 28.6 Å². The number of halogens is 2. The summed E-state index contributed by atoms with van der Waals surface area (Å²) < 4.78 is 19.9. The fourth-order valence-corrected chi connectivity index (χ4v) is 5.77. The fourth-order valence-electron chi connectivity index (χ4n) is 4.47. The average Bonchev–Trinajstić information content (AvgIpc) is 3.23. The molecule has 5 rings (SSSR count). The van der Waals surface area contributed by atoms with E-state index in [1.807, 2.05) is 25.1 Å². The molecule has 148 valence electrons. The summed E-state index contributed by atoms with van der Waals surface area (Å²) in [6.45, 7) is 4.30. The van der Waals surface area contributed by atoms with E-state index in [0.717, 1.165) is 61.4 Å². The number of fused-ring (bicyclic) bond motifs is 5. The predicted octanol–water partition coefficient (Wildman–Crippen LogP) is 7.79. The van der Waals surface area contributed by atoms with Crippen LogP contribution in [-0.4, -0.2) is 7.11 Å². The van der Waals surface area contributed by atoms with E-state index < -0.39 is 0 Å². The number of rotatable bonds is 2. The van der Waals surface area contributed by atoms with Crippen molar-refractivity contribution < 1.29 is 13.6 Å². The maximum atomic E-state index is 6.34. The summed E-state index contributed by atoms with van der Waals surface area (Å²) in [6.07, 6.45) is 1.76. The second kappa shape index (κ2) is 6.78. The fraction of sp³-hybridized carbons (Fsp3) is 0.250. The maximum Gasteiger partial charge on any atom is 0.149 e. The lowest BCUT2D eigenvalue weighted by Crippen LogP contribution is -2.23. The Balaban J connectivity index is 1.77. The molecule has 3 nitrogen and oxygen atoms in total. The Morgan fingerprint density at radius 2 is 1.79 bits per heavy atom. The quantitative estimate of drug-likeness (QED) is 0.273. The molecule has 0 spiro atoms. The number of methoxy groups -OCH3 is 1. The molecule has 4 aromatic rings. The van der Waals surface area contributed by atoms with E-state index in [1.54, 1.807) is 7.11 Å². The summed E-state index contributed by atoms with van der Waals surface area (Å²) in [5.74, 6) is 3.66. The number of benzene rings is 2. The molecular formula is C24H20Br2O3. The van der Waals surface area contributed by atoms with Crippen molar-refractivity contribution in [3.8, 4) is 17.1 Å². The number of hydrogen-bond acceptors (Lipinski definition) is 3. The SMILES string of the molecule is COc1ccc([C@@]2(C)CCc3oc4c(Br)cc(Br)cc4c3-c3oc(C)cc32)cc1. The zero-order chi connectivity index (χ0) is 20.3. The molecule has 29 heavy (non-hydrogen) atoms. The van der Waals surface area contributed by atoms with Crippen molar-refractivity contribution in [1.82, 2.24) is 0 Å². The van der Waals surface area contributed by atoms with Crippen LogP contribution >= 0.6 is 31.9 Å². The summed E-state index contributed by atoms with van der Waals surface area (Å²) in [6, 6.07) is 14.7. The molecule has 0 saturated carbocycles. The molecule has 0 fully saturated rings. The van der Waals surface area contributed by atoms with Gasteiger partial charge in [-0.2, -0.15) is 0 Å². The van der Waals surface area contributed by atoms with E-state index in [0.29, 0.717) is 0 Å². The molecule has 2 heterocycles. The third kappa shape index (κ3) is 2.89. The minimum absolute atomic E-state index is 0.184. The number of furan rings is 2. The first-order valence-electron chi connectivity index (χ1n) is 9.57. The van der Waals surface area contributed by atoms with E-state index >= 15 is 0 Å². The highest BCUT2D eigenvalue weighted by Gasteiger charge is 2.39. The second-order valence-corrected chi connectivity index (χ2v) is 9.60. The van der Waals surface area contributed by atoms with E-state index in [-0.39, 0.29) is 5.41 Å². The van der Waals surface area contributed by atoms with Gasteiger partial charge in [0.25, 0.3) is 0 Å². The molecule has 0 saturated heterocycles. The van der Waals surface area contributed by atoms with E-state index in [4.69, 9.17) is 13.6 Å². The van der Waals surface area contributed by atoms with Gasteiger partial charge in [-0.1, -0.05) is 35.0 Å². The van der Waals surface area contributed by atoms with Gasteiger partial charge in [0.2, 0.25) is 0 Å². The van der Waals surface area contributed by atoms with E-state index in [1.165, 1.54) is 11.1 Å². The van der Waals surface area contributed by atoms with Gasteiger partial charge < -0.3 is 13.6 Å². The van der Waals surface area contributed by atoms with Crippen LogP contribution < -0.4 is 4.74 Å². The molecule has 0 amide bonds. The zero-order valence-corrected chi connectivity index (χ0v) is 19.6. The third-order valence-corrected chi connectivity index (χ3v) is 7.08. The average molecular weight is 516 g/mol. The van der Waals surface area contributed by atoms with Crippen molar-refractivity contribution >= 4 is 42.8 Å². The Kier molecular flexibility index (Phi) is 4.44. The van der Waals surface area contributed by atoms with Crippen LogP contribution in [-0.2, 0) is 11.8 Å². The molecule has 0 unspecified atom stereocenters. The lowest BCUT2D eigenvalue weighted by Gasteiger charge is -2.29. The lowest BCUT2D eigenvalue weighted by atomic mass is 9.73. The molecule has 0 N–H and O–H groups in total. The first-order chi connectivity index (χ1) is 13.9. The number of aryl methyl sites for hydroxylation is 2. The smallest absolute Gasteiger partial charge is 0.149 e. The van der Waals surface area contributed by atoms with Gasteiger partial charge in [0.15, 0.2) is 0 Å². The van der Waals surface area contributed by atoms with E-state index in [2.05, 4.69) is 63.0 Å². The van der Waals surface area contributed by atoms with Gasteiger partial charge in [0, 0.05) is 27.3 Å². The van der Waals surface area contributed by atoms with Gasteiger partial charge in [-0.15, -0.1) is 0 Å². The van der Waals surface area contributed by atoms with Crippen LogP contribution in [0.3, 0.4) is 0 Å².